The van der Waals surface area contributed by atoms with Crippen molar-refractivity contribution in [3.8, 4) is 0 Å². The lowest BCUT2D eigenvalue weighted by Gasteiger charge is -2.40. The average Bonchev–Trinajstić information content (AvgIpc) is 2.32. The van der Waals surface area contributed by atoms with E-state index in [0.717, 1.165) is 16.7 Å². The predicted octanol–water partition coefficient (Wildman–Crippen LogP) is 1.83. The first-order chi connectivity index (χ1) is 9.02. The van der Waals surface area contributed by atoms with Gasteiger partial charge in [-0.1, -0.05) is 6.07 Å². The van der Waals surface area contributed by atoms with Crippen LogP contribution in [0, 0.1) is 6.92 Å². The van der Waals surface area contributed by atoms with E-state index in [2.05, 4.69) is 26.1 Å². The fourth-order valence-electron chi connectivity index (χ4n) is 2.47. The number of rotatable bonds is 3. The van der Waals surface area contributed by atoms with Crippen molar-refractivity contribution in [2.45, 2.75) is 32.4 Å². The van der Waals surface area contributed by atoms with Gasteiger partial charge in [0.1, 0.15) is 6.04 Å². The summed E-state index contributed by atoms with van der Waals surface area (Å²) < 4.78 is 0.984. The molecule has 1 aliphatic rings. The summed E-state index contributed by atoms with van der Waals surface area (Å²) in [6.45, 7) is 4.78. The van der Waals surface area contributed by atoms with Gasteiger partial charge in [0, 0.05) is 23.7 Å². The van der Waals surface area contributed by atoms with E-state index in [1.54, 1.807) is 0 Å². The van der Waals surface area contributed by atoms with Crippen LogP contribution in [0.25, 0.3) is 0 Å². The second-order valence-corrected chi connectivity index (χ2v) is 5.90. The van der Waals surface area contributed by atoms with E-state index >= 15 is 0 Å². The van der Waals surface area contributed by atoms with Crippen molar-refractivity contribution in [1.29, 1.82) is 0 Å². The molecule has 1 aromatic carbocycles. The smallest absolute Gasteiger partial charge is 0.243 e. The summed E-state index contributed by atoms with van der Waals surface area (Å²) in [4.78, 5) is 14.2. The Hall–Kier alpha value is -1.07. The van der Waals surface area contributed by atoms with Crippen molar-refractivity contribution < 1.29 is 9.90 Å². The summed E-state index contributed by atoms with van der Waals surface area (Å²) in [5, 5.41) is 12.1. The van der Waals surface area contributed by atoms with E-state index in [9.17, 15) is 4.79 Å². The molecule has 1 saturated heterocycles. The molecule has 2 unspecified atom stereocenters. The van der Waals surface area contributed by atoms with Crippen LogP contribution in [0.4, 0.5) is 5.69 Å². The number of aliphatic hydroxyl groups excluding tert-OH is 1. The molecule has 19 heavy (non-hydrogen) atoms. The van der Waals surface area contributed by atoms with E-state index < -0.39 is 0 Å². The highest BCUT2D eigenvalue weighted by Crippen LogP contribution is 2.30. The fraction of sp³-hybridized carbons (Fsp3) is 0.500. The number of anilines is 1. The number of carbonyl (C=O) groups is 1. The van der Waals surface area contributed by atoms with E-state index in [-0.39, 0.29) is 24.6 Å². The Morgan fingerprint density at radius 2 is 2.26 bits per heavy atom. The van der Waals surface area contributed by atoms with Gasteiger partial charge in [0.25, 0.3) is 0 Å². The molecule has 0 aliphatic carbocycles. The van der Waals surface area contributed by atoms with E-state index in [1.807, 2.05) is 32.0 Å². The topological polar surface area (TPSA) is 52.6 Å². The molecule has 1 amide bonds. The van der Waals surface area contributed by atoms with Gasteiger partial charge in [-0.15, -0.1) is 0 Å². The lowest BCUT2D eigenvalue weighted by Crippen LogP contribution is -2.59. The molecule has 0 radical (unpaired) electrons. The van der Waals surface area contributed by atoms with Gasteiger partial charge in [-0.05, 0) is 53.9 Å². The molecule has 1 aliphatic heterocycles. The van der Waals surface area contributed by atoms with Crippen LogP contribution >= 0.6 is 15.9 Å². The maximum atomic E-state index is 12.1. The van der Waals surface area contributed by atoms with Crippen LogP contribution in [0.1, 0.15) is 18.9 Å². The minimum absolute atomic E-state index is 0.00640. The molecule has 0 aromatic heterocycles. The van der Waals surface area contributed by atoms with Crippen molar-refractivity contribution in [2.24, 2.45) is 0 Å². The molecule has 0 bridgehead atoms. The molecule has 5 heteroatoms. The van der Waals surface area contributed by atoms with Gasteiger partial charge in [-0.25, -0.2) is 0 Å². The highest BCUT2D eigenvalue weighted by Gasteiger charge is 2.33. The van der Waals surface area contributed by atoms with Crippen molar-refractivity contribution in [3.63, 3.8) is 0 Å². The molecule has 1 aromatic rings. The first-order valence-corrected chi connectivity index (χ1v) is 7.26. The maximum Gasteiger partial charge on any atom is 0.243 e. The second kappa shape index (κ2) is 5.92. The monoisotopic (exact) mass is 326 g/mol. The number of hydrogen-bond acceptors (Lipinski definition) is 3. The van der Waals surface area contributed by atoms with E-state index in [0.29, 0.717) is 6.42 Å². The zero-order chi connectivity index (χ0) is 14.0. The number of carbonyl (C=O) groups excluding carboxylic acids is 1. The molecule has 1 fully saturated rings. The van der Waals surface area contributed by atoms with Gasteiger partial charge in [0.15, 0.2) is 0 Å². The predicted molar refractivity (Wildman–Crippen MR) is 79.3 cm³/mol. The Kier molecular flexibility index (Phi) is 4.47. The Morgan fingerprint density at radius 1 is 1.53 bits per heavy atom. The number of amides is 1. The summed E-state index contributed by atoms with van der Waals surface area (Å²) >= 11 is 3.57. The number of aliphatic hydroxyl groups is 1. The maximum absolute atomic E-state index is 12.1. The lowest BCUT2D eigenvalue weighted by atomic mass is 10.0. The Balaban J connectivity index is 2.34. The molecule has 0 spiro atoms. The minimum Gasteiger partial charge on any atom is -0.396 e. The molecular weight excluding hydrogens is 308 g/mol. The second-order valence-electron chi connectivity index (χ2n) is 5.04. The van der Waals surface area contributed by atoms with Crippen LogP contribution in [0.5, 0.6) is 0 Å². The quantitative estimate of drug-likeness (QED) is 0.891. The fourth-order valence-corrected chi connectivity index (χ4v) is 3.19. The summed E-state index contributed by atoms with van der Waals surface area (Å²) in [6, 6.07) is 5.90. The van der Waals surface area contributed by atoms with E-state index in [4.69, 9.17) is 5.11 Å². The molecule has 0 saturated carbocycles. The highest BCUT2D eigenvalue weighted by molar-refractivity contribution is 9.10. The van der Waals surface area contributed by atoms with Crippen molar-refractivity contribution in [1.82, 2.24) is 5.32 Å². The Labute approximate surface area is 121 Å². The molecule has 1 heterocycles. The van der Waals surface area contributed by atoms with Gasteiger partial charge in [0.2, 0.25) is 5.91 Å². The Morgan fingerprint density at radius 3 is 2.89 bits per heavy atom. The molecule has 2 rings (SSSR count). The van der Waals surface area contributed by atoms with Crippen molar-refractivity contribution in [2.75, 3.05) is 18.1 Å². The van der Waals surface area contributed by atoms with Crippen molar-refractivity contribution >= 4 is 27.5 Å². The number of nitrogens with one attached hydrogen (secondary N) is 1. The van der Waals surface area contributed by atoms with Crippen LogP contribution in [-0.4, -0.2) is 36.2 Å². The van der Waals surface area contributed by atoms with Gasteiger partial charge in [-0.3, -0.25) is 4.79 Å². The number of aryl methyl sites for hydroxylation is 1. The van der Waals surface area contributed by atoms with Crippen molar-refractivity contribution in [3.05, 3.63) is 28.2 Å². The van der Waals surface area contributed by atoms with Gasteiger partial charge >= 0.3 is 0 Å². The third-order valence-electron chi connectivity index (χ3n) is 3.35. The Bertz CT molecular complexity index is 479. The molecular formula is C14H19BrN2O2. The highest BCUT2D eigenvalue weighted by atomic mass is 79.9. The van der Waals surface area contributed by atoms with Crippen LogP contribution < -0.4 is 10.2 Å². The largest absolute Gasteiger partial charge is 0.396 e. The average molecular weight is 327 g/mol. The first-order valence-electron chi connectivity index (χ1n) is 6.47. The molecule has 2 atom stereocenters. The van der Waals surface area contributed by atoms with Gasteiger partial charge < -0.3 is 15.3 Å². The van der Waals surface area contributed by atoms with Crippen LogP contribution in [0.2, 0.25) is 0 Å². The number of halogens is 1. The molecule has 2 N–H and O–H groups in total. The third-order valence-corrected chi connectivity index (χ3v) is 3.99. The third kappa shape index (κ3) is 3.09. The van der Waals surface area contributed by atoms with Gasteiger partial charge in [-0.2, -0.15) is 0 Å². The summed E-state index contributed by atoms with van der Waals surface area (Å²) in [7, 11) is 0. The molecule has 104 valence electrons. The standard InChI is InChI=1S/C14H19BrN2O2/c1-9-3-4-12(11(15)7-9)17-8-10(2)16-14(19)13(17)5-6-18/h3-4,7,10,13,18H,5-6,8H2,1-2H3,(H,16,19). The lowest BCUT2D eigenvalue weighted by molar-refractivity contribution is -0.124. The first kappa shape index (κ1) is 14.3. The van der Waals surface area contributed by atoms with Crippen LogP contribution in [0.15, 0.2) is 22.7 Å². The summed E-state index contributed by atoms with van der Waals surface area (Å²) in [5.41, 5.74) is 2.18. The number of benzene rings is 1. The van der Waals surface area contributed by atoms with Gasteiger partial charge in [0.05, 0.1) is 5.69 Å². The number of piperazine rings is 1. The van der Waals surface area contributed by atoms with Crippen LogP contribution in [0.3, 0.4) is 0 Å². The minimum atomic E-state index is -0.305. The summed E-state index contributed by atoms with van der Waals surface area (Å²) in [6.07, 6.45) is 0.443. The number of nitrogens with zero attached hydrogens (tertiary/aromatic N) is 1. The van der Waals surface area contributed by atoms with E-state index in [1.165, 1.54) is 5.56 Å². The normalized spacial score (nSPS) is 23.4. The zero-order valence-corrected chi connectivity index (χ0v) is 12.8. The zero-order valence-electron chi connectivity index (χ0n) is 11.2. The molecule has 4 nitrogen and oxygen atoms in total. The van der Waals surface area contributed by atoms with Crippen LogP contribution in [-0.2, 0) is 4.79 Å². The summed E-state index contributed by atoms with van der Waals surface area (Å²) in [5.74, 6) is -0.0136. The SMILES string of the molecule is Cc1ccc(N2CC(C)NC(=O)C2CCO)c(Br)c1. The number of hydrogen-bond donors (Lipinski definition) is 2.